The van der Waals surface area contributed by atoms with E-state index < -0.39 is 0 Å². The van der Waals surface area contributed by atoms with Crippen LogP contribution in [0, 0.1) is 18.3 Å². The third-order valence-corrected chi connectivity index (χ3v) is 3.29. The molecule has 0 saturated carbocycles. The summed E-state index contributed by atoms with van der Waals surface area (Å²) in [7, 11) is 1.74. The minimum Gasteiger partial charge on any atom is -0.492 e. The number of hydrogen-bond donors (Lipinski definition) is 0. The molecular weight excluding hydrogens is 276 g/mol. The summed E-state index contributed by atoms with van der Waals surface area (Å²) in [4.78, 5) is 13.8. The standard InChI is InChI=1S/C18H18N2O2/c1-14-4-3-5-17(12-14)22-11-10-20(2)18(21)16-8-6-15(13-19)7-9-16/h3-9,12H,10-11H2,1-2H3. The van der Waals surface area contributed by atoms with Crippen molar-refractivity contribution >= 4 is 5.91 Å². The summed E-state index contributed by atoms with van der Waals surface area (Å²) >= 11 is 0. The Morgan fingerprint density at radius 1 is 1.23 bits per heavy atom. The molecule has 0 atom stereocenters. The maximum absolute atomic E-state index is 12.2. The van der Waals surface area contributed by atoms with Gasteiger partial charge in [0.15, 0.2) is 0 Å². The van der Waals surface area contributed by atoms with Gasteiger partial charge in [-0.2, -0.15) is 5.26 Å². The largest absolute Gasteiger partial charge is 0.492 e. The zero-order chi connectivity index (χ0) is 15.9. The number of ether oxygens (including phenoxy) is 1. The molecule has 112 valence electrons. The van der Waals surface area contributed by atoms with Crippen molar-refractivity contribution in [2.75, 3.05) is 20.2 Å². The van der Waals surface area contributed by atoms with Crippen LogP contribution in [0.3, 0.4) is 0 Å². The fourth-order valence-electron chi connectivity index (χ4n) is 2.01. The maximum atomic E-state index is 12.2. The van der Waals surface area contributed by atoms with Crippen LogP contribution in [-0.2, 0) is 0 Å². The van der Waals surface area contributed by atoms with E-state index in [0.717, 1.165) is 11.3 Å². The number of rotatable bonds is 5. The van der Waals surface area contributed by atoms with E-state index in [-0.39, 0.29) is 5.91 Å². The van der Waals surface area contributed by atoms with Crippen molar-refractivity contribution in [2.24, 2.45) is 0 Å². The van der Waals surface area contributed by atoms with Crippen molar-refractivity contribution in [2.45, 2.75) is 6.92 Å². The van der Waals surface area contributed by atoms with Crippen LogP contribution in [0.5, 0.6) is 5.75 Å². The molecule has 0 bridgehead atoms. The van der Waals surface area contributed by atoms with Gasteiger partial charge in [-0.15, -0.1) is 0 Å². The first-order valence-electron chi connectivity index (χ1n) is 7.05. The monoisotopic (exact) mass is 294 g/mol. The van der Waals surface area contributed by atoms with E-state index in [2.05, 4.69) is 0 Å². The Morgan fingerprint density at radius 3 is 2.59 bits per heavy atom. The van der Waals surface area contributed by atoms with Gasteiger partial charge in [0, 0.05) is 12.6 Å². The lowest BCUT2D eigenvalue weighted by Gasteiger charge is -2.17. The predicted molar refractivity (Wildman–Crippen MR) is 84.8 cm³/mol. The summed E-state index contributed by atoms with van der Waals surface area (Å²) in [6, 6.07) is 16.5. The molecule has 0 saturated heterocycles. The van der Waals surface area contributed by atoms with Crippen LogP contribution in [0.15, 0.2) is 48.5 Å². The van der Waals surface area contributed by atoms with Crippen LogP contribution in [0.4, 0.5) is 0 Å². The molecule has 0 N–H and O–H groups in total. The first-order valence-corrected chi connectivity index (χ1v) is 7.05. The van der Waals surface area contributed by atoms with Gasteiger partial charge in [0.25, 0.3) is 5.91 Å². The quantitative estimate of drug-likeness (QED) is 0.851. The smallest absolute Gasteiger partial charge is 0.253 e. The molecular formula is C18H18N2O2. The molecule has 0 aromatic heterocycles. The average Bonchev–Trinajstić information content (AvgIpc) is 2.54. The van der Waals surface area contributed by atoms with Gasteiger partial charge in [0.2, 0.25) is 0 Å². The zero-order valence-electron chi connectivity index (χ0n) is 12.7. The molecule has 0 aliphatic rings. The van der Waals surface area contributed by atoms with Gasteiger partial charge in [0.05, 0.1) is 18.2 Å². The molecule has 0 heterocycles. The molecule has 22 heavy (non-hydrogen) atoms. The highest BCUT2D eigenvalue weighted by Crippen LogP contribution is 2.12. The number of likely N-dealkylation sites (N-methyl/N-ethyl adjacent to an activating group) is 1. The van der Waals surface area contributed by atoms with Crippen molar-refractivity contribution in [1.82, 2.24) is 4.90 Å². The summed E-state index contributed by atoms with van der Waals surface area (Å²) in [5, 5.41) is 8.76. The Bertz CT molecular complexity index is 687. The fourth-order valence-corrected chi connectivity index (χ4v) is 2.01. The van der Waals surface area contributed by atoms with Gasteiger partial charge >= 0.3 is 0 Å². The lowest BCUT2D eigenvalue weighted by atomic mass is 10.1. The molecule has 4 nitrogen and oxygen atoms in total. The van der Waals surface area contributed by atoms with E-state index in [9.17, 15) is 4.79 Å². The van der Waals surface area contributed by atoms with E-state index >= 15 is 0 Å². The number of amides is 1. The van der Waals surface area contributed by atoms with E-state index in [1.165, 1.54) is 0 Å². The lowest BCUT2D eigenvalue weighted by Crippen LogP contribution is -2.30. The molecule has 0 radical (unpaired) electrons. The second-order valence-electron chi connectivity index (χ2n) is 5.08. The Kier molecular flexibility index (Phi) is 5.16. The van der Waals surface area contributed by atoms with E-state index in [1.807, 2.05) is 37.3 Å². The molecule has 2 rings (SSSR count). The molecule has 0 fully saturated rings. The van der Waals surface area contributed by atoms with Crippen molar-refractivity contribution in [3.63, 3.8) is 0 Å². The van der Waals surface area contributed by atoms with Crippen LogP contribution in [0.25, 0.3) is 0 Å². The highest BCUT2D eigenvalue weighted by Gasteiger charge is 2.11. The SMILES string of the molecule is Cc1cccc(OCCN(C)C(=O)c2ccc(C#N)cc2)c1. The van der Waals surface area contributed by atoms with Gasteiger partial charge in [-0.05, 0) is 48.9 Å². The molecule has 2 aromatic rings. The number of carbonyl (C=O) groups is 1. The number of aryl methyl sites for hydroxylation is 1. The molecule has 4 heteroatoms. The Morgan fingerprint density at radius 2 is 1.95 bits per heavy atom. The highest BCUT2D eigenvalue weighted by molar-refractivity contribution is 5.94. The minimum absolute atomic E-state index is 0.0858. The van der Waals surface area contributed by atoms with E-state index in [0.29, 0.717) is 24.3 Å². The summed E-state index contributed by atoms with van der Waals surface area (Å²) in [5.74, 6) is 0.719. The number of benzene rings is 2. The molecule has 0 aliphatic heterocycles. The summed E-state index contributed by atoms with van der Waals surface area (Å²) < 4.78 is 5.64. The van der Waals surface area contributed by atoms with Crippen LogP contribution < -0.4 is 4.74 Å². The van der Waals surface area contributed by atoms with Crippen LogP contribution in [0.1, 0.15) is 21.5 Å². The normalized spacial score (nSPS) is 9.86. The zero-order valence-corrected chi connectivity index (χ0v) is 12.7. The van der Waals surface area contributed by atoms with Crippen LogP contribution in [0.2, 0.25) is 0 Å². The topological polar surface area (TPSA) is 53.3 Å². The Labute approximate surface area is 130 Å². The third-order valence-electron chi connectivity index (χ3n) is 3.29. The van der Waals surface area contributed by atoms with Crippen molar-refractivity contribution in [3.8, 4) is 11.8 Å². The lowest BCUT2D eigenvalue weighted by molar-refractivity contribution is 0.0774. The van der Waals surface area contributed by atoms with Gasteiger partial charge in [-0.1, -0.05) is 12.1 Å². The summed E-state index contributed by atoms with van der Waals surface area (Å²) in [6.07, 6.45) is 0. The Balaban J connectivity index is 1.87. The first kappa shape index (κ1) is 15.6. The summed E-state index contributed by atoms with van der Waals surface area (Å²) in [5.41, 5.74) is 2.25. The second-order valence-corrected chi connectivity index (χ2v) is 5.08. The van der Waals surface area contributed by atoms with Gasteiger partial charge < -0.3 is 9.64 Å². The molecule has 2 aromatic carbocycles. The van der Waals surface area contributed by atoms with Crippen molar-refractivity contribution < 1.29 is 9.53 Å². The van der Waals surface area contributed by atoms with E-state index in [1.54, 1.807) is 36.2 Å². The van der Waals surface area contributed by atoms with Crippen molar-refractivity contribution in [3.05, 3.63) is 65.2 Å². The fraction of sp³-hybridized carbons (Fsp3) is 0.222. The van der Waals surface area contributed by atoms with Gasteiger partial charge in [-0.25, -0.2) is 0 Å². The number of nitriles is 1. The van der Waals surface area contributed by atoms with Crippen molar-refractivity contribution in [1.29, 1.82) is 5.26 Å². The molecule has 0 unspecified atom stereocenters. The summed E-state index contributed by atoms with van der Waals surface area (Å²) in [6.45, 7) is 2.93. The Hall–Kier alpha value is -2.80. The predicted octanol–water partition coefficient (Wildman–Crippen LogP) is 3.02. The average molecular weight is 294 g/mol. The number of hydrogen-bond acceptors (Lipinski definition) is 3. The molecule has 0 spiro atoms. The van der Waals surface area contributed by atoms with Gasteiger partial charge in [0.1, 0.15) is 12.4 Å². The maximum Gasteiger partial charge on any atom is 0.253 e. The molecule has 1 amide bonds. The van der Waals surface area contributed by atoms with Gasteiger partial charge in [-0.3, -0.25) is 4.79 Å². The second kappa shape index (κ2) is 7.28. The van der Waals surface area contributed by atoms with Crippen LogP contribution in [-0.4, -0.2) is 31.0 Å². The van der Waals surface area contributed by atoms with E-state index in [4.69, 9.17) is 10.00 Å². The third kappa shape index (κ3) is 4.10. The van der Waals surface area contributed by atoms with Crippen LogP contribution >= 0.6 is 0 Å². The minimum atomic E-state index is -0.0858. The molecule has 0 aliphatic carbocycles. The number of carbonyl (C=O) groups excluding carboxylic acids is 1. The highest BCUT2D eigenvalue weighted by atomic mass is 16.5. The number of nitrogens with zero attached hydrogens (tertiary/aromatic N) is 2. The first-order chi connectivity index (χ1) is 10.6.